The van der Waals surface area contributed by atoms with E-state index in [1.54, 1.807) is 18.2 Å². The standard InChI is InChI=1S/C14H9ClFN3O/c15-9-5-6-17-12-8(7-18-13(9)12)14(20)19-11-4-2-1-3-10(11)16/h1-7,18H,(H,19,20). The zero-order valence-electron chi connectivity index (χ0n) is 10.2. The molecule has 0 aliphatic carbocycles. The van der Waals surface area contributed by atoms with E-state index < -0.39 is 11.7 Å². The van der Waals surface area contributed by atoms with Gasteiger partial charge in [0.05, 0.1) is 21.8 Å². The first-order chi connectivity index (χ1) is 9.66. The van der Waals surface area contributed by atoms with E-state index in [4.69, 9.17) is 11.6 Å². The van der Waals surface area contributed by atoms with Crippen LogP contribution in [0.1, 0.15) is 10.4 Å². The van der Waals surface area contributed by atoms with Gasteiger partial charge in [-0.2, -0.15) is 0 Å². The summed E-state index contributed by atoms with van der Waals surface area (Å²) >= 11 is 6.00. The van der Waals surface area contributed by atoms with Gasteiger partial charge in [-0.1, -0.05) is 23.7 Å². The van der Waals surface area contributed by atoms with Crippen LogP contribution in [-0.4, -0.2) is 15.9 Å². The van der Waals surface area contributed by atoms with Crippen molar-refractivity contribution in [2.24, 2.45) is 0 Å². The quantitative estimate of drug-likeness (QED) is 0.757. The van der Waals surface area contributed by atoms with E-state index in [2.05, 4.69) is 15.3 Å². The molecular formula is C14H9ClFN3O. The van der Waals surface area contributed by atoms with Crippen molar-refractivity contribution in [3.05, 3.63) is 59.1 Å². The Balaban J connectivity index is 1.98. The van der Waals surface area contributed by atoms with E-state index in [1.165, 1.54) is 24.5 Å². The lowest BCUT2D eigenvalue weighted by molar-refractivity contribution is 0.102. The second-order valence-corrected chi connectivity index (χ2v) is 4.56. The van der Waals surface area contributed by atoms with Crippen LogP contribution in [0.2, 0.25) is 5.02 Å². The van der Waals surface area contributed by atoms with Gasteiger partial charge in [-0.15, -0.1) is 0 Å². The molecule has 0 bridgehead atoms. The summed E-state index contributed by atoms with van der Waals surface area (Å²) in [5.74, 6) is -0.942. The Kier molecular flexibility index (Phi) is 3.12. The van der Waals surface area contributed by atoms with Gasteiger partial charge >= 0.3 is 0 Å². The highest BCUT2D eigenvalue weighted by atomic mass is 35.5. The van der Waals surface area contributed by atoms with Crippen LogP contribution in [0.3, 0.4) is 0 Å². The van der Waals surface area contributed by atoms with Gasteiger partial charge in [0.2, 0.25) is 0 Å². The summed E-state index contributed by atoms with van der Waals surface area (Å²) in [5, 5.41) is 2.98. The molecule has 0 unspecified atom stereocenters. The predicted molar refractivity (Wildman–Crippen MR) is 75.5 cm³/mol. The summed E-state index contributed by atoms with van der Waals surface area (Å²) in [7, 11) is 0. The van der Waals surface area contributed by atoms with Crippen molar-refractivity contribution < 1.29 is 9.18 Å². The Morgan fingerprint density at radius 3 is 2.90 bits per heavy atom. The lowest BCUT2D eigenvalue weighted by Crippen LogP contribution is -2.12. The van der Waals surface area contributed by atoms with E-state index in [-0.39, 0.29) is 5.69 Å². The third-order valence-corrected chi connectivity index (χ3v) is 3.20. The molecule has 100 valence electrons. The van der Waals surface area contributed by atoms with Gasteiger partial charge in [0.25, 0.3) is 5.91 Å². The zero-order chi connectivity index (χ0) is 14.1. The third-order valence-electron chi connectivity index (χ3n) is 2.88. The Labute approximate surface area is 118 Å². The van der Waals surface area contributed by atoms with Gasteiger partial charge in [0.15, 0.2) is 0 Å². The van der Waals surface area contributed by atoms with Gasteiger partial charge in [0.1, 0.15) is 11.3 Å². The Morgan fingerprint density at radius 1 is 1.30 bits per heavy atom. The molecular weight excluding hydrogens is 281 g/mol. The van der Waals surface area contributed by atoms with Gasteiger partial charge in [-0.3, -0.25) is 9.78 Å². The van der Waals surface area contributed by atoms with Crippen LogP contribution in [0.5, 0.6) is 0 Å². The van der Waals surface area contributed by atoms with Crippen LogP contribution in [0.4, 0.5) is 10.1 Å². The molecule has 6 heteroatoms. The number of aromatic amines is 1. The largest absolute Gasteiger partial charge is 0.358 e. The second-order valence-electron chi connectivity index (χ2n) is 4.15. The van der Waals surface area contributed by atoms with Crippen molar-refractivity contribution >= 4 is 34.2 Å². The fourth-order valence-electron chi connectivity index (χ4n) is 1.92. The lowest BCUT2D eigenvalue weighted by Gasteiger charge is -2.04. The van der Waals surface area contributed by atoms with Crippen LogP contribution in [0.15, 0.2) is 42.7 Å². The maximum atomic E-state index is 13.5. The van der Waals surface area contributed by atoms with E-state index >= 15 is 0 Å². The average Bonchev–Trinajstić information content (AvgIpc) is 2.87. The number of aromatic nitrogens is 2. The van der Waals surface area contributed by atoms with E-state index in [9.17, 15) is 9.18 Å². The van der Waals surface area contributed by atoms with E-state index in [1.807, 2.05) is 0 Å². The smallest absolute Gasteiger partial charge is 0.259 e. The number of fused-ring (bicyclic) bond motifs is 1. The van der Waals surface area contributed by atoms with Crippen molar-refractivity contribution in [3.8, 4) is 0 Å². The normalized spacial score (nSPS) is 10.7. The molecule has 0 saturated carbocycles. The predicted octanol–water partition coefficient (Wildman–Crippen LogP) is 3.61. The van der Waals surface area contributed by atoms with E-state index in [0.717, 1.165) is 0 Å². The number of anilines is 1. The molecule has 0 saturated heterocycles. The third kappa shape index (κ3) is 2.12. The van der Waals surface area contributed by atoms with Crippen molar-refractivity contribution in [1.29, 1.82) is 0 Å². The Hall–Kier alpha value is -2.40. The molecule has 2 aromatic heterocycles. The first-order valence-electron chi connectivity index (χ1n) is 5.84. The molecule has 3 rings (SSSR count). The SMILES string of the molecule is O=C(Nc1ccccc1F)c1c[nH]c2c(Cl)ccnc12. The van der Waals surface area contributed by atoms with Crippen molar-refractivity contribution in [2.45, 2.75) is 0 Å². The van der Waals surface area contributed by atoms with Crippen LogP contribution in [-0.2, 0) is 0 Å². The van der Waals surface area contributed by atoms with Crippen molar-refractivity contribution in [1.82, 2.24) is 9.97 Å². The van der Waals surface area contributed by atoms with Gasteiger partial charge < -0.3 is 10.3 Å². The van der Waals surface area contributed by atoms with Crippen LogP contribution in [0.25, 0.3) is 11.0 Å². The number of halogens is 2. The number of para-hydroxylation sites is 1. The van der Waals surface area contributed by atoms with Gasteiger partial charge in [-0.05, 0) is 18.2 Å². The summed E-state index contributed by atoms with van der Waals surface area (Å²) < 4.78 is 13.5. The number of hydrogen-bond acceptors (Lipinski definition) is 2. The highest BCUT2D eigenvalue weighted by molar-refractivity contribution is 6.35. The highest BCUT2D eigenvalue weighted by Crippen LogP contribution is 2.24. The number of nitrogens with zero attached hydrogens (tertiary/aromatic N) is 1. The summed E-state index contributed by atoms with van der Waals surface area (Å²) in [4.78, 5) is 19.2. The van der Waals surface area contributed by atoms with Crippen molar-refractivity contribution in [3.63, 3.8) is 0 Å². The molecule has 0 aliphatic rings. The number of H-pyrrole nitrogens is 1. The number of carbonyl (C=O) groups is 1. The fourth-order valence-corrected chi connectivity index (χ4v) is 2.12. The zero-order valence-corrected chi connectivity index (χ0v) is 10.9. The summed E-state index contributed by atoms with van der Waals surface area (Å²) in [6.07, 6.45) is 3.01. The monoisotopic (exact) mass is 289 g/mol. The van der Waals surface area contributed by atoms with E-state index in [0.29, 0.717) is 21.6 Å². The molecule has 1 amide bonds. The maximum absolute atomic E-state index is 13.5. The average molecular weight is 290 g/mol. The molecule has 2 heterocycles. The summed E-state index contributed by atoms with van der Waals surface area (Å²) in [6.45, 7) is 0. The first kappa shape index (κ1) is 12.6. The van der Waals surface area contributed by atoms with Gasteiger partial charge in [0, 0.05) is 12.4 Å². The number of pyridine rings is 1. The molecule has 0 aliphatic heterocycles. The highest BCUT2D eigenvalue weighted by Gasteiger charge is 2.15. The first-order valence-corrected chi connectivity index (χ1v) is 6.22. The fraction of sp³-hybridized carbons (Fsp3) is 0. The number of carbonyl (C=O) groups excluding carboxylic acids is 1. The number of benzene rings is 1. The molecule has 0 spiro atoms. The Morgan fingerprint density at radius 2 is 2.10 bits per heavy atom. The minimum atomic E-state index is -0.494. The second kappa shape index (κ2) is 4.94. The topological polar surface area (TPSA) is 57.8 Å². The molecule has 0 fully saturated rings. The molecule has 2 N–H and O–H groups in total. The van der Waals surface area contributed by atoms with Crippen LogP contribution < -0.4 is 5.32 Å². The summed E-state index contributed by atoms with van der Waals surface area (Å²) in [6, 6.07) is 7.59. The molecule has 1 aromatic carbocycles. The molecule has 3 aromatic rings. The van der Waals surface area contributed by atoms with Crippen molar-refractivity contribution in [2.75, 3.05) is 5.32 Å². The maximum Gasteiger partial charge on any atom is 0.259 e. The van der Waals surface area contributed by atoms with Crippen LogP contribution >= 0.6 is 11.6 Å². The number of hydrogen-bond donors (Lipinski definition) is 2. The molecule has 20 heavy (non-hydrogen) atoms. The minimum absolute atomic E-state index is 0.119. The lowest BCUT2D eigenvalue weighted by atomic mass is 10.2. The molecule has 0 atom stereocenters. The number of amides is 1. The number of rotatable bonds is 2. The van der Waals surface area contributed by atoms with Crippen LogP contribution in [0, 0.1) is 5.82 Å². The molecule has 0 radical (unpaired) electrons. The minimum Gasteiger partial charge on any atom is -0.358 e. The Bertz CT molecular complexity index is 800. The van der Waals surface area contributed by atoms with Gasteiger partial charge in [-0.25, -0.2) is 4.39 Å². The molecule has 4 nitrogen and oxygen atoms in total. The number of nitrogens with one attached hydrogen (secondary N) is 2. The summed E-state index contributed by atoms with van der Waals surface area (Å²) in [5.41, 5.74) is 1.46.